The van der Waals surface area contributed by atoms with E-state index < -0.39 is 0 Å². The number of nitrogens with two attached hydrogens (primary N) is 4. The molecule has 0 atom stereocenters. The third-order valence-corrected chi connectivity index (χ3v) is 6.52. The van der Waals surface area contributed by atoms with Crippen LogP contribution in [0.2, 0.25) is 0 Å². The van der Waals surface area contributed by atoms with Crippen molar-refractivity contribution >= 4 is 0 Å². The Morgan fingerprint density at radius 2 is 1.14 bits per heavy atom. The van der Waals surface area contributed by atoms with Crippen LogP contribution >= 0.6 is 0 Å². The maximum Gasteiger partial charge on any atom is 0.122 e. The van der Waals surface area contributed by atoms with E-state index >= 15 is 0 Å². The van der Waals surface area contributed by atoms with E-state index in [0.29, 0.717) is 44.8 Å². The first-order valence-electron chi connectivity index (χ1n) is 12.5. The van der Waals surface area contributed by atoms with Crippen LogP contribution in [0.25, 0.3) is 22.3 Å². The minimum Gasteiger partial charge on any atom is -0.507 e. The summed E-state index contributed by atoms with van der Waals surface area (Å²) in [6, 6.07) is 14.9. The molecular formula is C29H40N4O2. The Morgan fingerprint density at radius 3 is 1.60 bits per heavy atom. The SMILES string of the molecule is CCc1cc(-c2c(CCN)cc(OC)cc2CCN)ccc1-c1cc(CCN)c(O)c(CCN)c1. The summed E-state index contributed by atoms with van der Waals surface area (Å²) in [5.74, 6) is 1.15. The predicted molar refractivity (Wildman–Crippen MR) is 146 cm³/mol. The van der Waals surface area contributed by atoms with Gasteiger partial charge in [0.2, 0.25) is 0 Å². The zero-order chi connectivity index (χ0) is 25.4. The van der Waals surface area contributed by atoms with E-state index in [-0.39, 0.29) is 0 Å². The van der Waals surface area contributed by atoms with Gasteiger partial charge >= 0.3 is 0 Å². The van der Waals surface area contributed by atoms with Crippen LogP contribution < -0.4 is 27.7 Å². The van der Waals surface area contributed by atoms with Gasteiger partial charge in [0.1, 0.15) is 11.5 Å². The molecule has 0 aromatic heterocycles. The molecule has 3 rings (SSSR count). The third kappa shape index (κ3) is 6.03. The van der Waals surface area contributed by atoms with Gasteiger partial charge in [0.25, 0.3) is 0 Å². The van der Waals surface area contributed by atoms with Crippen molar-refractivity contribution < 1.29 is 9.84 Å². The number of phenols is 1. The molecule has 3 aromatic rings. The standard InChI is InChI=1S/C29H40N4O2/c1-3-19-14-20(28-21(6-10-30)17-26(35-2)18-22(28)7-11-31)4-5-27(19)25-15-23(8-12-32)29(34)24(16-25)9-13-33/h4-5,14-18,34H,3,6-13,30-33H2,1-2H3. The van der Waals surface area contributed by atoms with Crippen molar-refractivity contribution in [2.24, 2.45) is 22.9 Å². The van der Waals surface area contributed by atoms with Gasteiger partial charge in [-0.05, 0) is 133 Å². The number of phenolic OH excluding ortho intramolecular Hbond substituents is 1. The van der Waals surface area contributed by atoms with Crippen molar-refractivity contribution in [2.45, 2.75) is 39.0 Å². The normalized spacial score (nSPS) is 11.1. The highest BCUT2D eigenvalue weighted by atomic mass is 16.5. The number of benzene rings is 3. The first kappa shape index (κ1) is 26.7. The van der Waals surface area contributed by atoms with E-state index in [0.717, 1.165) is 52.8 Å². The molecule has 0 bridgehead atoms. The summed E-state index contributed by atoms with van der Waals surface area (Å²) in [4.78, 5) is 0. The van der Waals surface area contributed by atoms with Crippen LogP contribution in [0.3, 0.4) is 0 Å². The highest BCUT2D eigenvalue weighted by molar-refractivity contribution is 5.78. The number of ether oxygens (including phenoxy) is 1. The quantitative estimate of drug-likeness (QED) is 0.272. The molecule has 6 heteroatoms. The Morgan fingerprint density at radius 1 is 0.657 bits per heavy atom. The molecule has 0 saturated carbocycles. The van der Waals surface area contributed by atoms with E-state index in [1.165, 1.54) is 22.3 Å². The van der Waals surface area contributed by atoms with Crippen molar-refractivity contribution in [3.8, 4) is 33.8 Å². The molecule has 6 nitrogen and oxygen atoms in total. The first-order valence-corrected chi connectivity index (χ1v) is 12.5. The van der Waals surface area contributed by atoms with Gasteiger partial charge in [-0.2, -0.15) is 0 Å². The number of aryl methyl sites for hydroxylation is 1. The zero-order valence-corrected chi connectivity index (χ0v) is 21.1. The third-order valence-electron chi connectivity index (χ3n) is 6.52. The molecular weight excluding hydrogens is 436 g/mol. The van der Waals surface area contributed by atoms with Crippen molar-refractivity contribution in [1.29, 1.82) is 0 Å². The highest BCUT2D eigenvalue weighted by Crippen LogP contribution is 2.37. The van der Waals surface area contributed by atoms with Crippen LogP contribution in [0.15, 0.2) is 42.5 Å². The summed E-state index contributed by atoms with van der Waals surface area (Å²) in [6.45, 7) is 4.23. The lowest BCUT2D eigenvalue weighted by molar-refractivity contribution is 0.414. The van der Waals surface area contributed by atoms with Gasteiger partial charge in [0.15, 0.2) is 0 Å². The highest BCUT2D eigenvalue weighted by Gasteiger charge is 2.17. The number of hydrogen-bond acceptors (Lipinski definition) is 6. The van der Waals surface area contributed by atoms with Gasteiger partial charge in [0.05, 0.1) is 7.11 Å². The molecule has 0 unspecified atom stereocenters. The van der Waals surface area contributed by atoms with Gasteiger partial charge in [0, 0.05) is 0 Å². The minimum absolute atomic E-state index is 0.315. The Bertz CT molecular complexity index is 1090. The number of methoxy groups -OCH3 is 1. The first-order chi connectivity index (χ1) is 17.0. The molecule has 0 spiro atoms. The van der Waals surface area contributed by atoms with Crippen molar-refractivity contribution in [3.05, 3.63) is 70.3 Å². The van der Waals surface area contributed by atoms with E-state index in [4.69, 9.17) is 27.7 Å². The largest absolute Gasteiger partial charge is 0.507 e. The summed E-state index contributed by atoms with van der Waals surface area (Å²) in [7, 11) is 1.69. The average molecular weight is 477 g/mol. The van der Waals surface area contributed by atoms with Gasteiger partial charge in [-0.1, -0.05) is 25.1 Å². The molecule has 0 aliphatic rings. The molecule has 9 N–H and O–H groups in total. The Hall–Kier alpha value is -2.90. The molecule has 0 aliphatic carbocycles. The number of aromatic hydroxyl groups is 1. The second kappa shape index (κ2) is 12.7. The summed E-state index contributed by atoms with van der Waals surface area (Å²) in [5.41, 5.74) is 33.5. The van der Waals surface area contributed by atoms with Gasteiger partial charge < -0.3 is 32.8 Å². The fourth-order valence-electron chi connectivity index (χ4n) is 4.86. The second-order valence-corrected chi connectivity index (χ2v) is 8.84. The van der Waals surface area contributed by atoms with Crippen LogP contribution in [0.5, 0.6) is 11.5 Å². The summed E-state index contributed by atoms with van der Waals surface area (Å²) < 4.78 is 5.55. The van der Waals surface area contributed by atoms with Crippen LogP contribution in [0, 0.1) is 0 Å². The Balaban J connectivity index is 2.18. The lowest BCUT2D eigenvalue weighted by Gasteiger charge is -2.19. The van der Waals surface area contributed by atoms with Gasteiger partial charge in [-0.25, -0.2) is 0 Å². The molecule has 0 heterocycles. The van der Waals surface area contributed by atoms with Gasteiger partial charge in [-0.15, -0.1) is 0 Å². The monoisotopic (exact) mass is 476 g/mol. The van der Waals surface area contributed by atoms with E-state index in [1.807, 2.05) is 0 Å². The molecule has 0 fully saturated rings. The predicted octanol–water partition coefficient (Wildman–Crippen LogP) is 3.30. The van der Waals surface area contributed by atoms with E-state index in [9.17, 15) is 5.11 Å². The molecule has 0 saturated heterocycles. The van der Waals surface area contributed by atoms with E-state index in [2.05, 4.69) is 49.4 Å². The topological polar surface area (TPSA) is 134 Å². The molecule has 0 amide bonds. The maximum absolute atomic E-state index is 10.7. The van der Waals surface area contributed by atoms with Crippen LogP contribution in [0.4, 0.5) is 0 Å². The molecule has 3 aromatic carbocycles. The molecule has 35 heavy (non-hydrogen) atoms. The molecule has 0 aliphatic heterocycles. The van der Waals surface area contributed by atoms with Crippen molar-refractivity contribution in [3.63, 3.8) is 0 Å². The lowest BCUT2D eigenvalue weighted by Crippen LogP contribution is -2.09. The van der Waals surface area contributed by atoms with Crippen LogP contribution in [0.1, 0.15) is 34.7 Å². The van der Waals surface area contributed by atoms with Gasteiger partial charge in [-0.3, -0.25) is 0 Å². The number of rotatable bonds is 12. The summed E-state index contributed by atoms with van der Waals surface area (Å²) in [5, 5.41) is 10.7. The Kier molecular flexibility index (Phi) is 9.69. The average Bonchev–Trinajstić information content (AvgIpc) is 2.86. The minimum atomic E-state index is 0.315. The maximum atomic E-state index is 10.7. The number of hydrogen-bond donors (Lipinski definition) is 5. The zero-order valence-electron chi connectivity index (χ0n) is 21.1. The Labute approximate surface area is 209 Å². The molecule has 188 valence electrons. The fourth-order valence-corrected chi connectivity index (χ4v) is 4.86. The van der Waals surface area contributed by atoms with E-state index in [1.54, 1.807) is 7.11 Å². The molecule has 0 radical (unpaired) electrons. The lowest BCUT2D eigenvalue weighted by atomic mass is 9.87. The van der Waals surface area contributed by atoms with Crippen LogP contribution in [-0.2, 0) is 32.1 Å². The van der Waals surface area contributed by atoms with Crippen LogP contribution in [-0.4, -0.2) is 38.4 Å². The smallest absolute Gasteiger partial charge is 0.122 e. The van der Waals surface area contributed by atoms with Crippen molar-refractivity contribution in [1.82, 2.24) is 0 Å². The second-order valence-electron chi connectivity index (χ2n) is 8.84. The fraction of sp³-hybridized carbons (Fsp3) is 0.379. The summed E-state index contributed by atoms with van der Waals surface area (Å²) in [6.07, 6.45) is 3.63. The summed E-state index contributed by atoms with van der Waals surface area (Å²) >= 11 is 0. The van der Waals surface area contributed by atoms with Crippen molar-refractivity contribution in [2.75, 3.05) is 33.3 Å².